The van der Waals surface area contributed by atoms with Crippen molar-refractivity contribution < 1.29 is 19.4 Å². The Balaban J connectivity index is 1.37. The number of nitrogens with zero attached hydrogens (tertiary/aromatic N) is 1. The van der Waals surface area contributed by atoms with E-state index in [9.17, 15) is 9.59 Å². The van der Waals surface area contributed by atoms with Gasteiger partial charge in [0.25, 0.3) is 0 Å². The van der Waals surface area contributed by atoms with Gasteiger partial charge in [0.05, 0.1) is 18.5 Å². The molecule has 1 aliphatic carbocycles. The van der Waals surface area contributed by atoms with Crippen LogP contribution in [0.4, 0.5) is 0 Å². The molecule has 3 aromatic carbocycles. The number of benzene rings is 3. The summed E-state index contributed by atoms with van der Waals surface area (Å²) in [5.41, 5.74) is 6.11. The van der Waals surface area contributed by atoms with Gasteiger partial charge in [-0.3, -0.25) is 4.79 Å². The van der Waals surface area contributed by atoms with Crippen LogP contribution in [0.15, 0.2) is 84.9 Å². The number of H-pyrrole nitrogens is 1. The molecule has 1 fully saturated rings. The average Bonchev–Trinajstić information content (AvgIpc) is 3.48. The van der Waals surface area contributed by atoms with E-state index in [4.69, 9.17) is 14.8 Å². The molecule has 0 unspecified atom stereocenters. The van der Waals surface area contributed by atoms with Crippen LogP contribution >= 0.6 is 0 Å². The number of aromatic amines is 1. The van der Waals surface area contributed by atoms with E-state index in [0.717, 1.165) is 63.4 Å². The monoisotopic (exact) mass is 561 g/mol. The van der Waals surface area contributed by atoms with Crippen LogP contribution in [0.1, 0.15) is 43.2 Å². The number of methoxy groups -OCH3 is 1. The van der Waals surface area contributed by atoms with Gasteiger partial charge in [0.15, 0.2) is 0 Å². The maximum absolute atomic E-state index is 12.4. The van der Waals surface area contributed by atoms with E-state index in [0.29, 0.717) is 5.92 Å². The first kappa shape index (κ1) is 28.6. The summed E-state index contributed by atoms with van der Waals surface area (Å²) in [4.78, 5) is 31.7. The quantitative estimate of drug-likeness (QED) is 0.177. The van der Waals surface area contributed by atoms with Crippen molar-refractivity contribution in [3.8, 4) is 39.7 Å². The molecule has 1 saturated carbocycles. The number of hydrogen-bond donors (Lipinski definition) is 3. The lowest BCUT2D eigenvalue weighted by molar-refractivity contribution is -0.131. The second-order valence-electron chi connectivity index (χ2n) is 10.5. The molecule has 42 heavy (non-hydrogen) atoms. The maximum atomic E-state index is 12.4. The van der Waals surface area contributed by atoms with E-state index in [2.05, 4.69) is 10.3 Å². The number of imidazole rings is 1. The molecule has 0 saturated heterocycles. The summed E-state index contributed by atoms with van der Waals surface area (Å²) in [6, 6.07) is 23.3. The van der Waals surface area contributed by atoms with Gasteiger partial charge < -0.3 is 20.1 Å². The third-order valence-electron chi connectivity index (χ3n) is 7.59. The van der Waals surface area contributed by atoms with E-state index in [-0.39, 0.29) is 5.91 Å². The van der Waals surface area contributed by atoms with Crippen molar-refractivity contribution in [2.75, 3.05) is 13.7 Å². The molecular weight excluding hydrogens is 526 g/mol. The van der Waals surface area contributed by atoms with E-state index in [1.165, 1.54) is 32.1 Å². The van der Waals surface area contributed by atoms with Gasteiger partial charge >= 0.3 is 5.97 Å². The fraction of sp³-hybridized carbons (Fsp3) is 0.229. The van der Waals surface area contributed by atoms with Crippen LogP contribution in [0.5, 0.6) is 5.75 Å². The van der Waals surface area contributed by atoms with Crippen molar-refractivity contribution in [1.29, 1.82) is 0 Å². The highest BCUT2D eigenvalue weighted by atomic mass is 16.5. The number of rotatable bonds is 10. The van der Waals surface area contributed by atoms with Crippen LogP contribution in [0.3, 0.4) is 0 Å². The number of carboxylic acids is 1. The second kappa shape index (κ2) is 13.6. The lowest BCUT2D eigenvalue weighted by Gasteiger charge is -2.21. The molecule has 0 bridgehead atoms. The highest BCUT2D eigenvalue weighted by Crippen LogP contribution is 2.34. The molecule has 214 valence electrons. The summed E-state index contributed by atoms with van der Waals surface area (Å²) in [6.07, 6.45) is 12.3. The zero-order chi connectivity index (χ0) is 29.3. The lowest BCUT2D eigenvalue weighted by atomic mass is 9.89. The molecule has 7 heteroatoms. The Labute approximate surface area is 246 Å². The number of ether oxygens (including phenoxy) is 1. The summed E-state index contributed by atoms with van der Waals surface area (Å²) in [7, 11) is 1.64. The van der Waals surface area contributed by atoms with Crippen LogP contribution in [0.25, 0.3) is 46.1 Å². The maximum Gasteiger partial charge on any atom is 0.328 e. The van der Waals surface area contributed by atoms with Crippen LogP contribution < -0.4 is 10.1 Å². The minimum Gasteiger partial charge on any atom is -0.497 e. The Morgan fingerprint density at radius 2 is 1.45 bits per heavy atom. The number of hydrogen-bond acceptors (Lipinski definition) is 4. The largest absolute Gasteiger partial charge is 0.497 e. The van der Waals surface area contributed by atoms with Gasteiger partial charge in [0.2, 0.25) is 5.91 Å². The fourth-order valence-corrected chi connectivity index (χ4v) is 5.22. The van der Waals surface area contributed by atoms with E-state index < -0.39 is 5.97 Å². The van der Waals surface area contributed by atoms with Gasteiger partial charge in [-0.1, -0.05) is 67.8 Å². The molecule has 0 spiro atoms. The van der Waals surface area contributed by atoms with Crippen molar-refractivity contribution in [3.63, 3.8) is 0 Å². The Kier molecular flexibility index (Phi) is 9.29. The highest BCUT2D eigenvalue weighted by Gasteiger charge is 2.16. The second-order valence-corrected chi connectivity index (χ2v) is 10.5. The van der Waals surface area contributed by atoms with Crippen LogP contribution in [0, 0.1) is 5.92 Å². The Bertz CT molecular complexity index is 1560. The highest BCUT2D eigenvalue weighted by molar-refractivity contribution is 5.92. The predicted molar refractivity (Wildman–Crippen MR) is 167 cm³/mol. The first-order chi connectivity index (χ1) is 20.5. The van der Waals surface area contributed by atoms with Crippen molar-refractivity contribution in [3.05, 3.63) is 96.1 Å². The average molecular weight is 562 g/mol. The molecule has 4 aromatic rings. The van der Waals surface area contributed by atoms with Gasteiger partial charge in [-0.25, -0.2) is 9.78 Å². The molecule has 1 aliphatic rings. The zero-order valence-electron chi connectivity index (χ0n) is 23.7. The van der Waals surface area contributed by atoms with Crippen molar-refractivity contribution in [2.45, 2.75) is 32.1 Å². The third kappa shape index (κ3) is 7.43. The minimum atomic E-state index is -0.988. The number of carbonyl (C=O) groups excluding carboxylic acids is 1. The van der Waals surface area contributed by atoms with Crippen LogP contribution in [0.2, 0.25) is 0 Å². The molecular formula is C35H35N3O4. The Morgan fingerprint density at radius 1 is 0.857 bits per heavy atom. The molecule has 5 rings (SSSR count). The summed E-state index contributed by atoms with van der Waals surface area (Å²) < 4.78 is 5.30. The normalized spacial score (nSPS) is 13.9. The smallest absolute Gasteiger partial charge is 0.328 e. The van der Waals surface area contributed by atoms with Gasteiger partial charge in [0, 0.05) is 35.4 Å². The third-order valence-corrected chi connectivity index (χ3v) is 7.59. The molecule has 0 aliphatic heterocycles. The molecule has 0 atom stereocenters. The van der Waals surface area contributed by atoms with Gasteiger partial charge in [-0.15, -0.1) is 0 Å². The summed E-state index contributed by atoms with van der Waals surface area (Å²) in [5.74, 6) is 1.03. The van der Waals surface area contributed by atoms with Gasteiger partial charge in [-0.2, -0.15) is 0 Å². The SMILES string of the molecule is COc1ccc(-c2nc(-c3ccc(C=CC(=O)NCC4CCCCC4)cc3)c(-c3ccc(C=CC(=O)O)cc3)[nH]2)cc1. The summed E-state index contributed by atoms with van der Waals surface area (Å²) in [5, 5.41) is 12.0. The van der Waals surface area contributed by atoms with Gasteiger partial charge in [-0.05, 0) is 66.3 Å². The lowest BCUT2D eigenvalue weighted by Crippen LogP contribution is -2.28. The minimum absolute atomic E-state index is 0.0648. The number of aromatic nitrogens is 2. The van der Waals surface area contributed by atoms with Crippen LogP contribution in [-0.4, -0.2) is 40.6 Å². The van der Waals surface area contributed by atoms with Crippen LogP contribution in [-0.2, 0) is 9.59 Å². The molecule has 0 radical (unpaired) electrons. The molecule has 1 heterocycles. The van der Waals surface area contributed by atoms with Crippen molar-refractivity contribution in [2.24, 2.45) is 5.92 Å². The zero-order valence-corrected chi connectivity index (χ0v) is 23.7. The number of carbonyl (C=O) groups is 2. The summed E-state index contributed by atoms with van der Waals surface area (Å²) in [6.45, 7) is 0.747. The number of amides is 1. The van der Waals surface area contributed by atoms with E-state index in [1.807, 2.05) is 78.9 Å². The van der Waals surface area contributed by atoms with Crippen molar-refractivity contribution >= 4 is 24.0 Å². The molecule has 3 N–H and O–H groups in total. The van der Waals surface area contributed by atoms with Crippen molar-refractivity contribution in [1.82, 2.24) is 15.3 Å². The molecule has 1 amide bonds. The van der Waals surface area contributed by atoms with Gasteiger partial charge in [0.1, 0.15) is 11.6 Å². The first-order valence-electron chi connectivity index (χ1n) is 14.3. The fourth-order valence-electron chi connectivity index (χ4n) is 5.22. The molecule has 7 nitrogen and oxygen atoms in total. The van der Waals surface area contributed by atoms with E-state index >= 15 is 0 Å². The number of nitrogens with one attached hydrogen (secondary N) is 2. The Morgan fingerprint density at radius 3 is 2.07 bits per heavy atom. The van der Waals surface area contributed by atoms with E-state index in [1.54, 1.807) is 19.3 Å². The summed E-state index contributed by atoms with van der Waals surface area (Å²) >= 11 is 0. The predicted octanol–water partition coefficient (Wildman–Crippen LogP) is 7.23. The standard InChI is InChI=1S/C35H35N3O4/c1-42-30-19-17-29(18-20-30)35-37-33(34(38-35)28-15-9-25(10-16-28)12-22-32(40)41)27-13-7-24(8-14-27)11-21-31(39)36-23-26-5-3-2-4-6-26/h7-22,26H,2-6,23H2,1H3,(H,36,39)(H,37,38)(H,40,41). The number of carboxylic acid groups (broad SMARTS) is 1. The number of aliphatic carboxylic acids is 1. The topological polar surface area (TPSA) is 104 Å². The Hall–Kier alpha value is -4.91. The molecule has 1 aromatic heterocycles. The first-order valence-corrected chi connectivity index (χ1v) is 14.3.